The Morgan fingerprint density at radius 1 is 0.774 bits per heavy atom. The summed E-state index contributed by atoms with van der Waals surface area (Å²) in [6.45, 7) is -0.365. The van der Waals surface area contributed by atoms with Gasteiger partial charge >= 0.3 is 5.97 Å². The van der Waals surface area contributed by atoms with Crippen molar-refractivity contribution in [2.45, 2.75) is 6.42 Å². The van der Waals surface area contributed by atoms with Crippen LogP contribution in [0.4, 0.5) is 5.69 Å². The van der Waals surface area contributed by atoms with Crippen molar-refractivity contribution in [3.63, 3.8) is 0 Å². The smallest absolute Gasteiger partial charge is 0.338 e. The quantitative estimate of drug-likeness (QED) is 0.536. The Balaban J connectivity index is 1.59. The SMILES string of the molecule is NC(=O)CCN(C(=O)COC(=O)c1ccc(Oc2ccccc2)cc1)c1ccccc1. The maximum Gasteiger partial charge on any atom is 0.338 e. The molecule has 31 heavy (non-hydrogen) atoms. The first-order valence-electron chi connectivity index (χ1n) is 9.67. The van der Waals surface area contributed by atoms with E-state index in [1.54, 1.807) is 48.5 Å². The third-order valence-electron chi connectivity index (χ3n) is 4.35. The molecule has 3 rings (SSSR count). The fourth-order valence-corrected chi connectivity index (χ4v) is 2.80. The Labute approximate surface area is 180 Å². The standard InChI is InChI=1S/C24H22N2O5/c25-22(27)15-16-26(19-7-3-1-4-8-19)23(28)17-30-24(29)18-11-13-21(14-12-18)31-20-9-5-2-6-10-20/h1-14H,15-17H2,(H2,25,27). The van der Waals surface area contributed by atoms with Crippen LogP contribution in [0.5, 0.6) is 11.5 Å². The lowest BCUT2D eigenvalue weighted by atomic mass is 10.2. The number of benzene rings is 3. The van der Waals surface area contributed by atoms with Gasteiger partial charge in [0.1, 0.15) is 11.5 Å². The molecule has 0 radical (unpaired) electrons. The fourth-order valence-electron chi connectivity index (χ4n) is 2.80. The molecule has 0 aliphatic rings. The molecule has 0 aromatic heterocycles. The molecule has 0 fully saturated rings. The molecular weight excluding hydrogens is 396 g/mol. The number of anilines is 1. The zero-order valence-corrected chi connectivity index (χ0v) is 16.8. The molecule has 3 aromatic carbocycles. The van der Waals surface area contributed by atoms with Gasteiger partial charge in [0.05, 0.1) is 5.56 Å². The van der Waals surface area contributed by atoms with Gasteiger partial charge in [-0.3, -0.25) is 9.59 Å². The van der Waals surface area contributed by atoms with E-state index >= 15 is 0 Å². The predicted molar refractivity (Wildman–Crippen MR) is 116 cm³/mol. The number of primary amides is 1. The van der Waals surface area contributed by atoms with Gasteiger partial charge in [0.25, 0.3) is 5.91 Å². The van der Waals surface area contributed by atoms with E-state index in [4.69, 9.17) is 15.2 Å². The number of carbonyl (C=O) groups excluding carboxylic acids is 3. The molecule has 2 amide bonds. The summed E-state index contributed by atoms with van der Waals surface area (Å²) >= 11 is 0. The number of ether oxygens (including phenoxy) is 2. The van der Waals surface area contributed by atoms with Crippen LogP contribution in [0.25, 0.3) is 0 Å². The number of carbonyl (C=O) groups is 3. The number of hydrogen-bond donors (Lipinski definition) is 1. The fraction of sp³-hybridized carbons (Fsp3) is 0.125. The zero-order chi connectivity index (χ0) is 22.1. The minimum absolute atomic E-state index is 0.00252. The summed E-state index contributed by atoms with van der Waals surface area (Å²) in [5.74, 6) is -0.364. The molecule has 7 nitrogen and oxygen atoms in total. The van der Waals surface area contributed by atoms with Gasteiger partial charge < -0.3 is 20.1 Å². The normalized spacial score (nSPS) is 10.2. The Bertz CT molecular complexity index is 1020. The van der Waals surface area contributed by atoms with Crippen molar-refractivity contribution in [3.8, 4) is 11.5 Å². The van der Waals surface area contributed by atoms with E-state index in [0.29, 0.717) is 17.2 Å². The van der Waals surface area contributed by atoms with Crippen molar-refractivity contribution >= 4 is 23.5 Å². The third-order valence-corrected chi connectivity index (χ3v) is 4.35. The molecule has 0 aliphatic carbocycles. The highest BCUT2D eigenvalue weighted by molar-refractivity contribution is 5.97. The number of esters is 1. The molecule has 0 saturated carbocycles. The number of hydrogen-bond acceptors (Lipinski definition) is 5. The summed E-state index contributed by atoms with van der Waals surface area (Å²) in [6.07, 6.45) is -0.00252. The van der Waals surface area contributed by atoms with Crippen LogP contribution >= 0.6 is 0 Å². The van der Waals surface area contributed by atoms with Gasteiger partial charge in [-0.2, -0.15) is 0 Å². The molecule has 0 spiro atoms. The average Bonchev–Trinajstić information content (AvgIpc) is 2.79. The molecule has 7 heteroatoms. The van der Waals surface area contributed by atoms with Gasteiger partial charge in [-0.25, -0.2) is 4.79 Å². The highest BCUT2D eigenvalue weighted by Crippen LogP contribution is 2.21. The Morgan fingerprint density at radius 3 is 1.97 bits per heavy atom. The van der Waals surface area contributed by atoms with Gasteiger partial charge in [-0.15, -0.1) is 0 Å². The third kappa shape index (κ3) is 6.43. The largest absolute Gasteiger partial charge is 0.457 e. The molecule has 0 saturated heterocycles. The number of rotatable bonds is 9. The summed E-state index contributed by atoms with van der Waals surface area (Å²) in [7, 11) is 0. The summed E-state index contributed by atoms with van der Waals surface area (Å²) in [5.41, 5.74) is 6.08. The lowest BCUT2D eigenvalue weighted by Crippen LogP contribution is -2.37. The molecule has 2 N–H and O–H groups in total. The van der Waals surface area contributed by atoms with Gasteiger partial charge in [-0.05, 0) is 48.5 Å². The highest BCUT2D eigenvalue weighted by Gasteiger charge is 2.19. The van der Waals surface area contributed by atoms with Crippen LogP contribution < -0.4 is 15.4 Å². The van der Waals surface area contributed by atoms with Crippen LogP contribution in [-0.2, 0) is 14.3 Å². The molecule has 0 aliphatic heterocycles. The van der Waals surface area contributed by atoms with Gasteiger partial charge in [0.2, 0.25) is 5.91 Å². The Kier molecular flexibility index (Phi) is 7.37. The lowest BCUT2D eigenvalue weighted by Gasteiger charge is -2.22. The molecule has 3 aromatic rings. The summed E-state index contributed by atoms with van der Waals surface area (Å²) in [4.78, 5) is 37.5. The van der Waals surface area contributed by atoms with Crippen LogP contribution in [0.1, 0.15) is 16.8 Å². The van der Waals surface area contributed by atoms with Crippen molar-refractivity contribution in [3.05, 3.63) is 90.5 Å². The van der Waals surface area contributed by atoms with Crippen LogP contribution in [0, 0.1) is 0 Å². The first kappa shape index (κ1) is 21.6. The van der Waals surface area contributed by atoms with Crippen molar-refractivity contribution in [1.29, 1.82) is 0 Å². The second-order valence-corrected chi connectivity index (χ2v) is 6.61. The molecular formula is C24H22N2O5. The van der Waals surface area contributed by atoms with E-state index in [1.807, 2.05) is 36.4 Å². The summed E-state index contributed by atoms with van der Waals surface area (Å²) in [5, 5.41) is 0. The monoisotopic (exact) mass is 418 g/mol. The van der Waals surface area contributed by atoms with E-state index < -0.39 is 24.4 Å². The maximum atomic E-state index is 12.6. The van der Waals surface area contributed by atoms with E-state index in [0.717, 1.165) is 0 Å². The van der Waals surface area contributed by atoms with Gasteiger partial charge in [0.15, 0.2) is 6.61 Å². The maximum absolute atomic E-state index is 12.6. The molecule has 158 valence electrons. The average molecular weight is 418 g/mol. The van der Waals surface area contributed by atoms with Crippen LogP contribution in [0.2, 0.25) is 0 Å². The number of para-hydroxylation sites is 2. The van der Waals surface area contributed by atoms with E-state index in [-0.39, 0.29) is 18.5 Å². The van der Waals surface area contributed by atoms with E-state index in [2.05, 4.69) is 0 Å². The Morgan fingerprint density at radius 2 is 1.35 bits per heavy atom. The second-order valence-electron chi connectivity index (χ2n) is 6.61. The lowest BCUT2D eigenvalue weighted by molar-refractivity contribution is -0.121. The van der Waals surface area contributed by atoms with Crippen LogP contribution in [0.3, 0.4) is 0 Å². The zero-order valence-electron chi connectivity index (χ0n) is 16.8. The molecule has 0 atom stereocenters. The predicted octanol–water partition coefficient (Wildman–Crippen LogP) is 3.54. The molecule has 0 unspecified atom stereocenters. The van der Waals surface area contributed by atoms with Crippen molar-refractivity contribution in [2.24, 2.45) is 5.73 Å². The minimum Gasteiger partial charge on any atom is -0.457 e. The summed E-state index contributed by atoms with van der Waals surface area (Å²) in [6, 6.07) is 24.5. The molecule has 0 bridgehead atoms. The van der Waals surface area contributed by atoms with Crippen molar-refractivity contribution < 1.29 is 23.9 Å². The van der Waals surface area contributed by atoms with E-state index in [9.17, 15) is 14.4 Å². The van der Waals surface area contributed by atoms with Crippen molar-refractivity contribution in [2.75, 3.05) is 18.1 Å². The number of nitrogens with two attached hydrogens (primary N) is 1. The van der Waals surface area contributed by atoms with Gasteiger partial charge in [-0.1, -0.05) is 36.4 Å². The van der Waals surface area contributed by atoms with E-state index in [1.165, 1.54) is 4.90 Å². The molecule has 0 heterocycles. The number of amides is 2. The highest BCUT2D eigenvalue weighted by atomic mass is 16.5. The van der Waals surface area contributed by atoms with Crippen LogP contribution in [-0.4, -0.2) is 30.9 Å². The van der Waals surface area contributed by atoms with Crippen molar-refractivity contribution in [1.82, 2.24) is 0 Å². The van der Waals surface area contributed by atoms with Crippen LogP contribution in [0.15, 0.2) is 84.9 Å². The second kappa shape index (κ2) is 10.6. The van der Waals surface area contributed by atoms with Gasteiger partial charge in [0, 0.05) is 18.7 Å². The first-order chi connectivity index (χ1) is 15.0. The summed E-state index contributed by atoms with van der Waals surface area (Å²) < 4.78 is 10.9. The number of nitrogens with zero attached hydrogens (tertiary/aromatic N) is 1. The minimum atomic E-state index is -0.637. The Hall–Kier alpha value is -4.13. The topological polar surface area (TPSA) is 98.9 Å². The first-order valence-corrected chi connectivity index (χ1v) is 9.67.